The van der Waals surface area contributed by atoms with Gasteiger partial charge in [0.1, 0.15) is 5.75 Å². The fraction of sp³-hybridized carbons (Fsp3) is 0.409. The van der Waals surface area contributed by atoms with E-state index in [2.05, 4.69) is 41.4 Å². The summed E-state index contributed by atoms with van der Waals surface area (Å²) in [6, 6.07) is 17.9. The fourth-order valence-corrected chi connectivity index (χ4v) is 3.37. The summed E-state index contributed by atoms with van der Waals surface area (Å²) in [6.07, 6.45) is 2.65. The van der Waals surface area contributed by atoms with Crippen LogP contribution >= 0.6 is 0 Å². The molecule has 0 aliphatic carbocycles. The van der Waals surface area contributed by atoms with Crippen LogP contribution in [0.5, 0.6) is 5.75 Å². The number of nitrogens with one attached hydrogen (secondary N) is 1. The number of benzene rings is 2. The van der Waals surface area contributed by atoms with Gasteiger partial charge in [-0.15, -0.1) is 0 Å². The number of carbonyl (C=O) groups excluding carboxylic acids is 1. The van der Waals surface area contributed by atoms with Crippen molar-refractivity contribution < 1.29 is 9.53 Å². The smallest absolute Gasteiger partial charge is 0.258 e. The zero-order valence-corrected chi connectivity index (χ0v) is 15.5. The Hall–Kier alpha value is -2.33. The van der Waals surface area contributed by atoms with Crippen molar-refractivity contribution in [2.45, 2.75) is 32.9 Å². The fourth-order valence-electron chi connectivity index (χ4n) is 3.37. The van der Waals surface area contributed by atoms with Crippen LogP contribution in [0.15, 0.2) is 54.6 Å². The van der Waals surface area contributed by atoms with Crippen molar-refractivity contribution in [1.82, 2.24) is 10.2 Å². The van der Waals surface area contributed by atoms with Crippen molar-refractivity contribution in [3.05, 3.63) is 65.7 Å². The summed E-state index contributed by atoms with van der Waals surface area (Å²) >= 11 is 0. The predicted molar refractivity (Wildman–Crippen MR) is 104 cm³/mol. The van der Waals surface area contributed by atoms with Gasteiger partial charge in [0.15, 0.2) is 6.61 Å². The van der Waals surface area contributed by atoms with Crippen molar-refractivity contribution in [3.8, 4) is 5.75 Å². The molecule has 0 spiro atoms. The third-order valence-electron chi connectivity index (χ3n) is 4.77. The molecular formula is C22H28N2O2. The number of rotatable bonds is 7. The van der Waals surface area contributed by atoms with Gasteiger partial charge in [-0.25, -0.2) is 0 Å². The number of hydrogen-bond acceptors (Lipinski definition) is 3. The van der Waals surface area contributed by atoms with Gasteiger partial charge in [-0.3, -0.25) is 9.69 Å². The van der Waals surface area contributed by atoms with Gasteiger partial charge in [-0.1, -0.05) is 49.4 Å². The van der Waals surface area contributed by atoms with Gasteiger partial charge in [0.05, 0.1) is 0 Å². The van der Waals surface area contributed by atoms with Crippen LogP contribution in [0.1, 0.15) is 30.9 Å². The summed E-state index contributed by atoms with van der Waals surface area (Å²) in [5.74, 6) is 1.40. The number of amides is 1. The maximum Gasteiger partial charge on any atom is 0.258 e. The molecule has 2 aromatic rings. The Morgan fingerprint density at radius 2 is 1.85 bits per heavy atom. The Morgan fingerprint density at radius 3 is 2.58 bits per heavy atom. The third kappa shape index (κ3) is 5.88. The largest absolute Gasteiger partial charge is 0.484 e. The van der Waals surface area contributed by atoms with Gasteiger partial charge in [-0.05, 0) is 48.6 Å². The van der Waals surface area contributed by atoms with E-state index in [1.54, 1.807) is 0 Å². The van der Waals surface area contributed by atoms with E-state index < -0.39 is 0 Å². The molecule has 4 heteroatoms. The second-order valence-electron chi connectivity index (χ2n) is 7.18. The molecule has 1 N–H and O–H groups in total. The first-order chi connectivity index (χ1) is 12.7. The lowest BCUT2D eigenvalue weighted by Gasteiger charge is -2.30. The van der Waals surface area contributed by atoms with Crippen LogP contribution in [0.3, 0.4) is 0 Å². The van der Waals surface area contributed by atoms with Gasteiger partial charge in [0.25, 0.3) is 5.91 Å². The maximum atomic E-state index is 11.9. The molecule has 0 aromatic heterocycles. The minimum absolute atomic E-state index is 0.0369. The Bertz CT molecular complexity index is 685. The molecule has 1 fully saturated rings. The van der Waals surface area contributed by atoms with Gasteiger partial charge in [-0.2, -0.15) is 0 Å². The molecule has 1 saturated heterocycles. The first-order valence-electron chi connectivity index (χ1n) is 9.44. The van der Waals surface area contributed by atoms with Gasteiger partial charge < -0.3 is 10.1 Å². The number of hydrogen-bond donors (Lipinski definition) is 1. The van der Waals surface area contributed by atoms with Gasteiger partial charge in [0, 0.05) is 19.6 Å². The summed E-state index contributed by atoms with van der Waals surface area (Å²) in [6.45, 7) is 6.30. The lowest BCUT2D eigenvalue weighted by Crippen LogP contribution is -2.33. The molecule has 1 unspecified atom stereocenters. The van der Waals surface area contributed by atoms with Gasteiger partial charge in [0.2, 0.25) is 0 Å². The van der Waals surface area contributed by atoms with E-state index in [0.717, 1.165) is 18.0 Å². The molecule has 1 atom stereocenters. The van der Waals surface area contributed by atoms with Crippen LogP contribution in [-0.4, -0.2) is 30.5 Å². The van der Waals surface area contributed by atoms with Crippen molar-refractivity contribution in [2.75, 3.05) is 19.7 Å². The highest BCUT2D eigenvalue weighted by Gasteiger charge is 2.16. The number of likely N-dealkylation sites (tertiary alicyclic amines) is 1. The van der Waals surface area contributed by atoms with Crippen LogP contribution < -0.4 is 10.1 Å². The SMILES string of the molecule is CC1CCCN(Cc2ccc(CNC(=O)COc3ccccc3)cc2)C1. The van der Waals surface area contributed by atoms with Crippen LogP contribution in [0.2, 0.25) is 0 Å². The first-order valence-corrected chi connectivity index (χ1v) is 9.44. The summed E-state index contributed by atoms with van der Waals surface area (Å²) in [5.41, 5.74) is 2.44. The standard InChI is InChI=1S/C22H28N2O2/c1-18-6-5-13-24(15-18)16-20-11-9-19(10-12-20)14-23-22(25)17-26-21-7-3-2-4-8-21/h2-4,7-12,18H,5-6,13-17H2,1H3,(H,23,25). The number of carbonyl (C=O) groups is 1. The lowest BCUT2D eigenvalue weighted by molar-refractivity contribution is -0.123. The second-order valence-corrected chi connectivity index (χ2v) is 7.18. The molecule has 1 aliphatic heterocycles. The summed E-state index contributed by atoms with van der Waals surface area (Å²) in [7, 11) is 0. The Balaban J connectivity index is 1.40. The number of nitrogens with zero attached hydrogens (tertiary/aromatic N) is 1. The Labute approximate surface area is 156 Å². The molecule has 3 rings (SSSR count). The molecule has 4 nitrogen and oxygen atoms in total. The Morgan fingerprint density at radius 1 is 1.12 bits per heavy atom. The molecule has 1 aliphatic rings. The number of para-hydroxylation sites is 1. The van der Waals surface area contributed by atoms with Gasteiger partial charge >= 0.3 is 0 Å². The summed E-state index contributed by atoms with van der Waals surface area (Å²) in [4.78, 5) is 14.4. The molecule has 138 valence electrons. The second kappa shape index (κ2) is 9.39. The number of ether oxygens (including phenoxy) is 1. The molecule has 0 saturated carbocycles. The van der Waals surface area contributed by atoms with Crippen molar-refractivity contribution in [1.29, 1.82) is 0 Å². The molecule has 2 aromatic carbocycles. The number of piperidine rings is 1. The highest BCUT2D eigenvalue weighted by molar-refractivity contribution is 5.77. The van der Waals surface area contributed by atoms with Crippen LogP contribution in [-0.2, 0) is 17.9 Å². The normalized spacial score (nSPS) is 17.7. The highest BCUT2D eigenvalue weighted by atomic mass is 16.5. The van der Waals surface area contributed by atoms with E-state index >= 15 is 0 Å². The minimum atomic E-state index is -0.111. The molecule has 26 heavy (non-hydrogen) atoms. The average Bonchev–Trinajstić information content (AvgIpc) is 2.67. The predicted octanol–water partition coefficient (Wildman–Crippen LogP) is 3.61. The van der Waals surface area contributed by atoms with Crippen LogP contribution in [0.4, 0.5) is 0 Å². The zero-order chi connectivity index (χ0) is 18.2. The highest BCUT2D eigenvalue weighted by Crippen LogP contribution is 2.18. The van der Waals surface area contributed by atoms with E-state index in [-0.39, 0.29) is 12.5 Å². The quantitative estimate of drug-likeness (QED) is 0.828. The lowest BCUT2D eigenvalue weighted by atomic mass is 9.99. The maximum absolute atomic E-state index is 11.9. The average molecular weight is 352 g/mol. The van der Waals surface area contributed by atoms with Crippen molar-refractivity contribution in [2.24, 2.45) is 5.92 Å². The topological polar surface area (TPSA) is 41.6 Å². The molecule has 1 amide bonds. The third-order valence-corrected chi connectivity index (χ3v) is 4.77. The van der Waals surface area contributed by atoms with Crippen molar-refractivity contribution >= 4 is 5.91 Å². The zero-order valence-electron chi connectivity index (χ0n) is 15.5. The summed E-state index contributed by atoms with van der Waals surface area (Å²) < 4.78 is 5.45. The van der Waals surface area contributed by atoms with E-state index in [9.17, 15) is 4.79 Å². The van der Waals surface area contributed by atoms with E-state index in [0.29, 0.717) is 12.3 Å². The Kier molecular flexibility index (Phi) is 6.67. The van der Waals surface area contributed by atoms with E-state index in [1.165, 1.54) is 31.5 Å². The monoisotopic (exact) mass is 352 g/mol. The summed E-state index contributed by atoms with van der Waals surface area (Å²) in [5, 5.41) is 2.90. The van der Waals surface area contributed by atoms with Crippen LogP contribution in [0, 0.1) is 5.92 Å². The van der Waals surface area contributed by atoms with Crippen molar-refractivity contribution in [3.63, 3.8) is 0 Å². The van der Waals surface area contributed by atoms with E-state index in [4.69, 9.17) is 4.74 Å². The van der Waals surface area contributed by atoms with E-state index in [1.807, 2.05) is 30.3 Å². The first kappa shape index (κ1) is 18.5. The minimum Gasteiger partial charge on any atom is -0.484 e. The van der Waals surface area contributed by atoms with Crippen LogP contribution in [0.25, 0.3) is 0 Å². The molecule has 0 radical (unpaired) electrons. The molecule has 1 heterocycles. The molecule has 0 bridgehead atoms. The molecular weight excluding hydrogens is 324 g/mol.